The number of fused-ring (bicyclic) bond motifs is 1. The van der Waals surface area contributed by atoms with Gasteiger partial charge in [0, 0.05) is 10.9 Å². The number of hydrogen-bond acceptors (Lipinski definition) is 3. The molecule has 5 aromatic rings. The number of hydrogen-bond donors (Lipinski definition) is 1. The summed E-state index contributed by atoms with van der Waals surface area (Å²) in [5.41, 5.74) is 4.23. The lowest BCUT2D eigenvalue weighted by atomic mass is 10.0. The first-order valence-electron chi connectivity index (χ1n) is 10.7. The molecule has 0 aliphatic carbocycles. The molecule has 0 fully saturated rings. The maximum Gasteiger partial charge on any atom is 0.280 e. The van der Waals surface area contributed by atoms with Crippen LogP contribution in [0.15, 0.2) is 107 Å². The molecular formula is C28H23N3O2. The molecule has 0 amide bonds. The molecule has 0 unspecified atom stereocenters. The van der Waals surface area contributed by atoms with Crippen LogP contribution in [0.4, 0.5) is 5.69 Å². The number of methoxy groups -OCH3 is 1. The molecule has 1 heterocycles. The van der Waals surface area contributed by atoms with Crippen LogP contribution in [-0.2, 0) is 0 Å². The van der Waals surface area contributed by atoms with E-state index in [2.05, 4.69) is 17.2 Å². The molecule has 5 rings (SSSR count). The quantitative estimate of drug-likeness (QED) is 0.339. The van der Waals surface area contributed by atoms with E-state index in [1.54, 1.807) is 11.8 Å². The van der Waals surface area contributed by atoms with Crippen LogP contribution >= 0.6 is 0 Å². The monoisotopic (exact) mass is 433 g/mol. The molecule has 0 saturated carbocycles. The van der Waals surface area contributed by atoms with Gasteiger partial charge in [-0.15, -0.1) is 0 Å². The third kappa shape index (κ3) is 3.85. The zero-order valence-electron chi connectivity index (χ0n) is 18.4. The van der Waals surface area contributed by atoms with Gasteiger partial charge in [-0.3, -0.25) is 14.9 Å². The van der Waals surface area contributed by atoms with Gasteiger partial charge in [-0.25, -0.2) is 4.68 Å². The third-order valence-electron chi connectivity index (χ3n) is 5.70. The van der Waals surface area contributed by atoms with E-state index in [1.165, 1.54) is 0 Å². The summed E-state index contributed by atoms with van der Waals surface area (Å²) in [6, 6.07) is 31.3. The molecule has 0 aliphatic rings. The predicted octanol–water partition coefficient (Wildman–Crippen LogP) is 6.14. The maximum absolute atomic E-state index is 13.6. The van der Waals surface area contributed by atoms with Crippen LogP contribution in [0.2, 0.25) is 0 Å². The number of aromatic amines is 1. The lowest BCUT2D eigenvalue weighted by Gasteiger charge is -2.06. The standard InChI is InChI=1S/C28H23N3O2/c1-19(29-25-14-8-10-20-9-6-7-13-24(20)25)26-27(21-15-17-23(33-2)18-16-21)30-31(28(26)32)22-11-4-3-5-12-22/h3-18,30H,1-2H3. The van der Waals surface area contributed by atoms with Crippen molar-refractivity contribution < 1.29 is 4.74 Å². The van der Waals surface area contributed by atoms with E-state index < -0.39 is 0 Å². The van der Waals surface area contributed by atoms with E-state index in [4.69, 9.17) is 9.73 Å². The fourth-order valence-electron chi connectivity index (χ4n) is 4.04. The maximum atomic E-state index is 13.6. The van der Waals surface area contributed by atoms with Gasteiger partial charge in [0.2, 0.25) is 0 Å². The highest BCUT2D eigenvalue weighted by atomic mass is 16.5. The normalized spacial score (nSPS) is 11.6. The molecule has 5 heteroatoms. The van der Waals surface area contributed by atoms with Crippen LogP contribution in [0, 0.1) is 0 Å². The van der Waals surface area contributed by atoms with Crippen LogP contribution in [0.3, 0.4) is 0 Å². The third-order valence-corrected chi connectivity index (χ3v) is 5.70. The number of benzene rings is 4. The van der Waals surface area contributed by atoms with Crippen molar-refractivity contribution in [3.8, 4) is 22.7 Å². The molecule has 0 spiro atoms. The average Bonchev–Trinajstić information content (AvgIpc) is 3.22. The second-order valence-corrected chi connectivity index (χ2v) is 7.76. The van der Waals surface area contributed by atoms with Gasteiger partial charge in [-0.2, -0.15) is 0 Å². The lowest BCUT2D eigenvalue weighted by molar-refractivity contribution is 0.415. The highest BCUT2D eigenvalue weighted by Crippen LogP contribution is 2.28. The summed E-state index contributed by atoms with van der Waals surface area (Å²) in [4.78, 5) is 18.5. The zero-order chi connectivity index (χ0) is 22.8. The summed E-state index contributed by atoms with van der Waals surface area (Å²) in [5, 5.41) is 5.46. The van der Waals surface area contributed by atoms with E-state index >= 15 is 0 Å². The summed E-state index contributed by atoms with van der Waals surface area (Å²) in [7, 11) is 1.63. The Labute approximate surface area is 191 Å². The first kappa shape index (κ1) is 20.5. The molecule has 0 radical (unpaired) electrons. The van der Waals surface area contributed by atoms with E-state index in [0.29, 0.717) is 17.0 Å². The Balaban J connectivity index is 1.71. The summed E-state index contributed by atoms with van der Waals surface area (Å²) < 4.78 is 6.87. The molecule has 0 atom stereocenters. The smallest absolute Gasteiger partial charge is 0.280 e. The molecule has 1 aromatic heterocycles. The van der Waals surface area contributed by atoms with Crippen LogP contribution in [0.25, 0.3) is 27.7 Å². The van der Waals surface area contributed by atoms with Crippen molar-refractivity contribution in [2.75, 3.05) is 7.11 Å². The Morgan fingerprint density at radius 2 is 1.55 bits per heavy atom. The molecular weight excluding hydrogens is 410 g/mol. The molecule has 0 saturated heterocycles. The number of nitrogens with zero attached hydrogens (tertiary/aromatic N) is 2. The second-order valence-electron chi connectivity index (χ2n) is 7.76. The Hall–Kier alpha value is -4.38. The highest BCUT2D eigenvalue weighted by Gasteiger charge is 2.19. The predicted molar refractivity (Wildman–Crippen MR) is 134 cm³/mol. The van der Waals surface area contributed by atoms with Crippen molar-refractivity contribution in [3.05, 3.63) is 113 Å². The van der Waals surface area contributed by atoms with Gasteiger partial charge in [0.15, 0.2) is 0 Å². The van der Waals surface area contributed by atoms with Crippen molar-refractivity contribution in [2.24, 2.45) is 4.99 Å². The number of rotatable bonds is 5. The van der Waals surface area contributed by atoms with Crippen molar-refractivity contribution in [1.29, 1.82) is 0 Å². The van der Waals surface area contributed by atoms with Gasteiger partial charge in [0.05, 0.1) is 35.5 Å². The minimum atomic E-state index is -0.145. The molecule has 162 valence electrons. The van der Waals surface area contributed by atoms with Crippen molar-refractivity contribution in [2.45, 2.75) is 6.92 Å². The number of aliphatic imine (C=N–C) groups is 1. The molecule has 5 nitrogen and oxygen atoms in total. The Morgan fingerprint density at radius 1 is 0.848 bits per heavy atom. The summed E-state index contributed by atoms with van der Waals surface area (Å²) in [5.74, 6) is 0.756. The topological polar surface area (TPSA) is 59.4 Å². The Morgan fingerprint density at radius 3 is 2.30 bits per heavy atom. The van der Waals surface area contributed by atoms with Gasteiger partial charge in [-0.05, 0) is 54.8 Å². The molecule has 4 aromatic carbocycles. The fourth-order valence-corrected chi connectivity index (χ4v) is 4.04. The summed E-state index contributed by atoms with van der Waals surface area (Å²) in [6.07, 6.45) is 0. The van der Waals surface area contributed by atoms with Gasteiger partial charge >= 0.3 is 0 Å². The van der Waals surface area contributed by atoms with Crippen molar-refractivity contribution >= 4 is 22.2 Å². The minimum absolute atomic E-state index is 0.145. The number of H-pyrrole nitrogens is 1. The van der Waals surface area contributed by atoms with E-state index in [0.717, 1.165) is 33.5 Å². The van der Waals surface area contributed by atoms with E-state index in [-0.39, 0.29) is 5.56 Å². The SMILES string of the molecule is COc1ccc(-c2[nH]n(-c3ccccc3)c(=O)c2C(C)=Nc2cccc3ccccc23)cc1. The van der Waals surface area contributed by atoms with Crippen LogP contribution < -0.4 is 10.3 Å². The molecule has 0 aliphatic heterocycles. The Kier molecular flexibility index (Phi) is 5.37. The number of nitrogens with one attached hydrogen (secondary N) is 1. The first-order chi connectivity index (χ1) is 16.2. The number of ether oxygens (including phenoxy) is 1. The zero-order valence-corrected chi connectivity index (χ0v) is 18.4. The lowest BCUT2D eigenvalue weighted by Crippen LogP contribution is -2.19. The summed E-state index contributed by atoms with van der Waals surface area (Å²) in [6.45, 7) is 1.88. The molecule has 0 bridgehead atoms. The first-order valence-corrected chi connectivity index (χ1v) is 10.7. The second kappa shape index (κ2) is 8.63. The van der Waals surface area contributed by atoms with Crippen LogP contribution in [-0.4, -0.2) is 22.6 Å². The fraction of sp³-hybridized carbons (Fsp3) is 0.0714. The van der Waals surface area contributed by atoms with Gasteiger partial charge in [0.1, 0.15) is 5.75 Å². The summed E-state index contributed by atoms with van der Waals surface area (Å²) >= 11 is 0. The average molecular weight is 434 g/mol. The largest absolute Gasteiger partial charge is 0.497 e. The Bertz CT molecular complexity index is 1510. The highest BCUT2D eigenvalue weighted by molar-refractivity contribution is 6.06. The van der Waals surface area contributed by atoms with Gasteiger partial charge in [0.25, 0.3) is 5.56 Å². The number of aromatic nitrogens is 2. The van der Waals surface area contributed by atoms with E-state index in [1.807, 2.05) is 91.9 Å². The molecule has 33 heavy (non-hydrogen) atoms. The van der Waals surface area contributed by atoms with Crippen LogP contribution in [0.1, 0.15) is 12.5 Å². The minimum Gasteiger partial charge on any atom is -0.497 e. The van der Waals surface area contributed by atoms with Crippen molar-refractivity contribution in [1.82, 2.24) is 9.78 Å². The van der Waals surface area contributed by atoms with E-state index in [9.17, 15) is 4.79 Å². The number of para-hydroxylation sites is 1. The van der Waals surface area contributed by atoms with Gasteiger partial charge < -0.3 is 4.74 Å². The molecule has 1 N–H and O–H groups in total. The van der Waals surface area contributed by atoms with Gasteiger partial charge in [-0.1, -0.05) is 54.6 Å². The van der Waals surface area contributed by atoms with Crippen LogP contribution in [0.5, 0.6) is 5.75 Å². The van der Waals surface area contributed by atoms with Crippen molar-refractivity contribution in [3.63, 3.8) is 0 Å².